The number of nitrogens with zero attached hydrogens (tertiary/aromatic N) is 2. The van der Waals surface area contributed by atoms with Gasteiger partial charge in [-0.1, -0.05) is 61.2 Å². The summed E-state index contributed by atoms with van der Waals surface area (Å²) in [6.45, 7) is 6.43. The Bertz CT molecular complexity index is 582. The molecule has 2 rings (SSSR count). The minimum atomic E-state index is 0.00983. The van der Waals surface area contributed by atoms with E-state index in [1.165, 1.54) is 28.7 Å². The van der Waals surface area contributed by atoms with Gasteiger partial charge in [0.05, 0.1) is 11.8 Å². The number of nitrogens with one attached hydrogen (secondary N) is 1. The molecular formula is C16H21N3OS2. The average Bonchev–Trinajstić information content (AvgIpc) is 2.98. The third-order valence-electron chi connectivity index (χ3n) is 3.17. The molecular weight excluding hydrogens is 314 g/mol. The Kier molecular flexibility index (Phi) is 6.39. The quantitative estimate of drug-likeness (QED) is 0.784. The normalized spacial score (nSPS) is 12.4. The van der Waals surface area contributed by atoms with Gasteiger partial charge in [-0.25, -0.2) is 0 Å². The van der Waals surface area contributed by atoms with Crippen LogP contribution >= 0.6 is 23.1 Å². The van der Waals surface area contributed by atoms with Gasteiger partial charge in [0.1, 0.15) is 5.51 Å². The summed E-state index contributed by atoms with van der Waals surface area (Å²) in [7, 11) is 0. The maximum Gasteiger partial charge on any atom is 0.230 e. The molecule has 2 aromatic rings. The second-order valence-corrected chi connectivity index (χ2v) is 7.68. The second-order valence-electron chi connectivity index (χ2n) is 5.62. The van der Waals surface area contributed by atoms with Gasteiger partial charge in [0.15, 0.2) is 4.34 Å². The standard InChI is InChI=1S/C16H21N3OS2/c1-11(2)8-13-4-6-14(7-5-13)12(3)18-15(20)9-21-16-19-17-10-22-16/h4-7,10-12H,8-9H2,1-3H3,(H,18,20)/t12-/m1/s1. The highest BCUT2D eigenvalue weighted by atomic mass is 32.2. The highest BCUT2D eigenvalue weighted by Crippen LogP contribution is 2.19. The SMILES string of the molecule is CC(C)Cc1ccc([C@@H](C)NC(=O)CSc2nncs2)cc1. The minimum Gasteiger partial charge on any atom is -0.349 e. The van der Waals surface area contributed by atoms with Crippen LogP contribution in [-0.4, -0.2) is 21.9 Å². The molecule has 1 amide bonds. The Labute approximate surface area is 139 Å². The predicted octanol–water partition coefficient (Wildman–Crippen LogP) is 3.71. The number of thioether (sulfide) groups is 1. The van der Waals surface area contributed by atoms with Gasteiger partial charge in [0.2, 0.25) is 5.91 Å². The van der Waals surface area contributed by atoms with E-state index in [2.05, 4.69) is 53.6 Å². The highest BCUT2D eigenvalue weighted by Gasteiger charge is 2.11. The molecule has 6 heteroatoms. The van der Waals surface area contributed by atoms with Crippen molar-refractivity contribution in [1.82, 2.24) is 15.5 Å². The van der Waals surface area contributed by atoms with Gasteiger partial charge in [-0.15, -0.1) is 10.2 Å². The van der Waals surface area contributed by atoms with Crippen LogP contribution in [0.15, 0.2) is 34.1 Å². The lowest BCUT2D eigenvalue weighted by Gasteiger charge is -2.15. The first-order valence-corrected chi connectivity index (χ1v) is 9.18. The van der Waals surface area contributed by atoms with E-state index in [4.69, 9.17) is 0 Å². The fourth-order valence-electron chi connectivity index (χ4n) is 2.13. The molecule has 0 aliphatic heterocycles. The average molecular weight is 335 g/mol. The Morgan fingerprint density at radius 2 is 2.00 bits per heavy atom. The first-order chi connectivity index (χ1) is 10.5. The molecule has 22 heavy (non-hydrogen) atoms. The molecule has 1 N–H and O–H groups in total. The number of hydrogen-bond acceptors (Lipinski definition) is 5. The van der Waals surface area contributed by atoms with Gasteiger partial charge in [0.25, 0.3) is 0 Å². The summed E-state index contributed by atoms with van der Waals surface area (Å²) in [6.07, 6.45) is 1.08. The number of carbonyl (C=O) groups excluding carboxylic acids is 1. The molecule has 0 saturated heterocycles. The van der Waals surface area contributed by atoms with Crippen LogP contribution in [0.2, 0.25) is 0 Å². The van der Waals surface area contributed by atoms with Crippen LogP contribution in [0.4, 0.5) is 0 Å². The number of amides is 1. The third kappa shape index (κ3) is 5.42. The molecule has 0 fully saturated rings. The van der Waals surface area contributed by atoms with Gasteiger partial charge < -0.3 is 5.32 Å². The molecule has 0 saturated carbocycles. The molecule has 0 bridgehead atoms. The lowest BCUT2D eigenvalue weighted by atomic mass is 10.00. The van der Waals surface area contributed by atoms with Gasteiger partial charge in [-0.3, -0.25) is 4.79 Å². The van der Waals surface area contributed by atoms with E-state index in [-0.39, 0.29) is 11.9 Å². The molecule has 118 valence electrons. The van der Waals surface area contributed by atoms with Crippen molar-refractivity contribution in [3.8, 4) is 0 Å². The molecule has 0 unspecified atom stereocenters. The smallest absolute Gasteiger partial charge is 0.230 e. The third-order valence-corrected chi connectivity index (χ3v) is 5.03. The number of hydrogen-bond donors (Lipinski definition) is 1. The zero-order valence-corrected chi connectivity index (χ0v) is 14.7. The van der Waals surface area contributed by atoms with Crippen LogP contribution in [0.25, 0.3) is 0 Å². The minimum absolute atomic E-state index is 0.00983. The monoisotopic (exact) mass is 335 g/mol. The van der Waals surface area contributed by atoms with Gasteiger partial charge >= 0.3 is 0 Å². The van der Waals surface area contributed by atoms with Crippen LogP contribution < -0.4 is 5.32 Å². The molecule has 1 aromatic heterocycles. The van der Waals surface area contributed by atoms with Crippen LogP contribution in [0.5, 0.6) is 0 Å². The maximum absolute atomic E-state index is 12.0. The molecule has 1 aromatic carbocycles. The summed E-state index contributed by atoms with van der Waals surface area (Å²) in [4.78, 5) is 12.0. The van der Waals surface area contributed by atoms with E-state index in [1.54, 1.807) is 5.51 Å². The van der Waals surface area contributed by atoms with Gasteiger partial charge in [-0.05, 0) is 30.4 Å². The fourth-order valence-corrected chi connectivity index (χ4v) is 3.43. The molecule has 0 aliphatic rings. The van der Waals surface area contributed by atoms with E-state index in [0.29, 0.717) is 11.7 Å². The van der Waals surface area contributed by atoms with Crippen LogP contribution in [0, 0.1) is 5.92 Å². The lowest BCUT2D eigenvalue weighted by Crippen LogP contribution is -2.28. The predicted molar refractivity (Wildman–Crippen MR) is 92.2 cm³/mol. The largest absolute Gasteiger partial charge is 0.349 e. The van der Waals surface area contributed by atoms with Crippen LogP contribution in [0.3, 0.4) is 0 Å². The van der Waals surface area contributed by atoms with E-state index >= 15 is 0 Å². The highest BCUT2D eigenvalue weighted by molar-refractivity contribution is 8.01. The van der Waals surface area contributed by atoms with E-state index in [0.717, 1.165) is 16.3 Å². The topological polar surface area (TPSA) is 54.9 Å². The lowest BCUT2D eigenvalue weighted by molar-refractivity contribution is -0.119. The van der Waals surface area contributed by atoms with Crippen molar-refractivity contribution in [2.45, 2.75) is 37.6 Å². The number of carbonyl (C=O) groups is 1. The van der Waals surface area contributed by atoms with Crippen molar-refractivity contribution in [2.75, 3.05) is 5.75 Å². The molecule has 0 spiro atoms. The van der Waals surface area contributed by atoms with Crippen molar-refractivity contribution in [2.24, 2.45) is 5.92 Å². The van der Waals surface area contributed by atoms with Crippen molar-refractivity contribution in [3.63, 3.8) is 0 Å². The molecule has 0 aliphatic carbocycles. The summed E-state index contributed by atoms with van der Waals surface area (Å²) in [5.74, 6) is 1.03. The summed E-state index contributed by atoms with van der Waals surface area (Å²) < 4.78 is 0.820. The number of rotatable bonds is 7. The van der Waals surface area contributed by atoms with E-state index in [9.17, 15) is 4.79 Å². The first-order valence-electron chi connectivity index (χ1n) is 7.31. The molecule has 1 atom stereocenters. The van der Waals surface area contributed by atoms with Gasteiger partial charge in [-0.2, -0.15) is 0 Å². The Balaban J connectivity index is 1.83. The van der Waals surface area contributed by atoms with E-state index < -0.39 is 0 Å². The Hall–Kier alpha value is -1.40. The summed E-state index contributed by atoms with van der Waals surface area (Å²) in [6, 6.07) is 8.50. The summed E-state index contributed by atoms with van der Waals surface area (Å²) >= 11 is 2.86. The van der Waals surface area contributed by atoms with Crippen molar-refractivity contribution in [1.29, 1.82) is 0 Å². The molecule has 4 nitrogen and oxygen atoms in total. The summed E-state index contributed by atoms with van der Waals surface area (Å²) in [5, 5.41) is 10.7. The number of aromatic nitrogens is 2. The zero-order chi connectivity index (χ0) is 15.9. The van der Waals surface area contributed by atoms with E-state index in [1.807, 2.05) is 6.92 Å². The van der Waals surface area contributed by atoms with Gasteiger partial charge in [0, 0.05) is 0 Å². The Morgan fingerprint density at radius 1 is 1.27 bits per heavy atom. The van der Waals surface area contributed by atoms with Crippen molar-refractivity contribution in [3.05, 3.63) is 40.9 Å². The van der Waals surface area contributed by atoms with Crippen LogP contribution in [0.1, 0.15) is 37.9 Å². The van der Waals surface area contributed by atoms with Crippen molar-refractivity contribution >= 4 is 29.0 Å². The number of benzene rings is 1. The first kappa shape index (κ1) is 17.0. The summed E-state index contributed by atoms with van der Waals surface area (Å²) in [5.41, 5.74) is 4.13. The van der Waals surface area contributed by atoms with Crippen molar-refractivity contribution < 1.29 is 4.79 Å². The maximum atomic E-state index is 12.0. The molecule has 1 heterocycles. The van der Waals surface area contributed by atoms with Crippen LogP contribution in [-0.2, 0) is 11.2 Å². The second kappa shape index (κ2) is 8.29. The Morgan fingerprint density at radius 3 is 2.59 bits per heavy atom. The molecule has 0 radical (unpaired) electrons. The zero-order valence-electron chi connectivity index (χ0n) is 13.1. The fraction of sp³-hybridized carbons (Fsp3) is 0.438.